The molecule has 0 bridgehead atoms. The summed E-state index contributed by atoms with van der Waals surface area (Å²) in [5, 5.41) is 0. The van der Waals surface area contributed by atoms with Crippen LogP contribution in [-0.2, 0) is 10.0 Å². The van der Waals surface area contributed by atoms with Crippen molar-refractivity contribution in [1.82, 2.24) is 4.31 Å². The maximum atomic E-state index is 12.1. The first kappa shape index (κ1) is 15.9. The predicted octanol–water partition coefficient (Wildman–Crippen LogP) is 2.87. The molecule has 4 heteroatoms. The molecule has 0 atom stereocenters. The molecule has 0 aliphatic heterocycles. The number of hydrogen-bond donors (Lipinski definition) is 0. The molecule has 0 amide bonds. The number of unbranched alkanes of at least 4 members (excludes halogenated alkanes) is 2. The Kier molecular flexibility index (Phi) is 8.02. The minimum absolute atomic E-state index is 0.204. The summed E-state index contributed by atoms with van der Waals surface area (Å²) < 4.78 is 25.8. The second-order valence-electron chi connectivity index (χ2n) is 4.78. The maximum absolute atomic E-state index is 12.1. The minimum Gasteiger partial charge on any atom is -0.212 e. The van der Waals surface area contributed by atoms with Crippen LogP contribution < -0.4 is 0 Å². The van der Waals surface area contributed by atoms with E-state index in [1.165, 1.54) is 0 Å². The lowest BCUT2D eigenvalue weighted by Crippen LogP contribution is -2.36. The molecule has 0 rings (SSSR count). The van der Waals surface area contributed by atoms with Crippen LogP contribution in [0.3, 0.4) is 0 Å². The third-order valence-electron chi connectivity index (χ3n) is 2.46. The SMILES string of the molecule is CCCCN(CCCC)S(=O)(=O)CC(C)C. The normalized spacial score (nSPS) is 12.6. The lowest BCUT2D eigenvalue weighted by Gasteiger charge is -2.22. The zero-order valence-corrected chi connectivity index (χ0v) is 12.0. The van der Waals surface area contributed by atoms with E-state index in [2.05, 4.69) is 13.8 Å². The predicted molar refractivity (Wildman–Crippen MR) is 70.0 cm³/mol. The van der Waals surface area contributed by atoms with E-state index in [0.717, 1.165) is 25.7 Å². The van der Waals surface area contributed by atoms with Gasteiger partial charge in [0.2, 0.25) is 10.0 Å². The molecule has 0 unspecified atom stereocenters. The third kappa shape index (κ3) is 6.48. The van der Waals surface area contributed by atoms with Crippen LogP contribution in [-0.4, -0.2) is 31.6 Å². The second-order valence-corrected chi connectivity index (χ2v) is 6.79. The van der Waals surface area contributed by atoms with E-state index in [4.69, 9.17) is 0 Å². The van der Waals surface area contributed by atoms with Crippen molar-refractivity contribution in [2.45, 2.75) is 53.4 Å². The summed E-state index contributed by atoms with van der Waals surface area (Å²) in [4.78, 5) is 0. The Hall–Kier alpha value is -0.0900. The van der Waals surface area contributed by atoms with Gasteiger partial charge in [-0.2, -0.15) is 0 Å². The van der Waals surface area contributed by atoms with Gasteiger partial charge in [0, 0.05) is 13.1 Å². The van der Waals surface area contributed by atoms with Gasteiger partial charge in [-0.25, -0.2) is 12.7 Å². The Morgan fingerprint density at radius 3 is 1.75 bits per heavy atom. The Bertz CT molecular complexity index is 252. The van der Waals surface area contributed by atoms with Crippen molar-refractivity contribution in [2.24, 2.45) is 5.92 Å². The van der Waals surface area contributed by atoms with Gasteiger partial charge < -0.3 is 0 Å². The van der Waals surface area contributed by atoms with Gasteiger partial charge in [0.15, 0.2) is 0 Å². The topological polar surface area (TPSA) is 37.4 Å². The zero-order valence-electron chi connectivity index (χ0n) is 11.2. The van der Waals surface area contributed by atoms with Crippen molar-refractivity contribution in [3.63, 3.8) is 0 Å². The van der Waals surface area contributed by atoms with Gasteiger partial charge in [-0.15, -0.1) is 0 Å². The minimum atomic E-state index is -3.03. The van der Waals surface area contributed by atoms with Crippen LogP contribution in [0.25, 0.3) is 0 Å². The molecule has 0 saturated heterocycles. The van der Waals surface area contributed by atoms with Crippen LogP contribution >= 0.6 is 0 Å². The van der Waals surface area contributed by atoms with Crippen LogP contribution in [0.1, 0.15) is 53.4 Å². The summed E-state index contributed by atoms with van der Waals surface area (Å²) in [7, 11) is -3.03. The number of hydrogen-bond acceptors (Lipinski definition) is 2. The van der Waals surface area contributed by atoms with E-state index >= 15 is 0 Å². The lowest BCUT2D eigenvalue weighted by atomic mass is 10.3. The molecule has 3 nitrogen and oxygen atoms in total. The van der Waals surface area contributed by atoms with Crippen molar-refractivity contribution in [3.8, 4) is 0 Å². The fourth-order valence-electron chi connectivity index (χ4n) is 1.59. The monoisotopic (exact) mass is 249 g/mol. The van der Waals surface area contributed by atoms with Crippen molar-refractivity contribution < 1.29 is 8.42 Å². The average molecular weight is 249 g/mol. The summed E-state index contributed by atoms with van der Waals surface area (Å²) >= 11 is 0. The summed E-state index contributed by atoms with van der Waals surface area (Å²) in [5.74, 6) is 0.483. The number of sulfonamides is 1. The van der Waals surface area contributed by atoms with Gasteiger partial charge in [0.1, 0.15) is 0 Å². The molecule has 0 spiro atoms. The van der Waals surface area contributed by atoms with Crippen LogP contribution in [0.2, 0.25) is 0 Å². The molecule has 0 aliphatic rings. The molecule has 0 aromatic heterocycles. The molecular weight excluding hydrogens is 222 g/mol. The molecular formula is C12H27NO2S. The molecule has 0 aliphatic carbocycles. The van der Waals surface area contributed by atoms with Gasteiger partial charge in [0.05, 0.1) is 5.75 Å². The lowest BCUT2D eigenvalue weighted by molar-refractivity contribution is 0.392. The smallest absolute Gasteiger partial charge is 0.212 e. The Labute approximate surface area is 101 Å². The first-order valence-corrected chi connectivity index (χ1v) is 8.02. The van der Waals surface area contributed by atoms with Crippen molar-refractivity contribution in [1.29, 1.82) is 0 Å². The largest absolute Gasteiger partial charge is 0.214 e. The molecule has 0 aromatic rings. The molecule has 0 heterocycles. The van der Waals surface area contributed by atoms with E-state index in [1.807, 2.05) is 13.8 Å². The Morgan fingerprint density at radius 1 is 1.00 bits per heavy atom. The summed E-state index contributed by atoms with van der Waals surface area (Å²) in [6.07, 6.45) is 4.00. The van der Waals surface area contributed by atoms with Gasteiger partial charge in [-0.05, 0) is 18.8 Å². The Balaban J connectivity index is 4.45. The number of rotatable bonds is 9. The van der Waals surface area contributed by atoms with E-state index in [-0.39, 0.29) is 11.7 Å². The standard InChI is InChI=1S/C12H27NO2S/c1-5-7-9-13(10-8-6-2)16(14,15)11-12(3)4/h12H,5-11H2,1-4H3. The van der Waals surface area contributed by atoms with Crippen LogP contribution in [0.15, 0.2) is 0 Å². The van der Waals surface area contributed by atoms with Gasteiger partial charge in [-0.1, -0.05) is 40.5 Å². The fraction of sp³-hybridized carbons (Fsp3) is 1.00. The highest BCUT2D eigenvalue weighted by atomic mass is 32.2. The van der Waals surface area contributed by atoms with Crippen LogP contribution in [0.4, 0.5) is 0 Å². The van der Waals surface area contributed by atoms with Crippen molar-refractivity contribution >= 4 is 10.0 Å². The van der Waals surface area contributed by atoms with Gasteiger partial charge >= 0.3 is 0 Å². The van der Waals surface area contributed by atoms with E-state index in [0.29, 0.717) is 13.1 Å². The average Bonchev–Trinajstić information content (AvgIpc) is 2.15. The third-order valence-corrected chi connectivity index (χ3v) is 4.70. The van der Waals surface area contributed by atoms with E-state index < -0.39 is 10.0 Å². The highest BCUT2D eigenvalue weighted by Crippen LogP contribution is 2.10. The molecule has 0 fully saturated rings. The molecule has 0 aromatic carbocycles. The molecule has 16 heavy (non-hydrogen) atoms. The summed E-state index contributed by atoms with van der Waals surface area (Å²) in [6, 6.07) is 0. The van der Waals surface area contributed by atoms with E-state index in [9.17, 15) is 8.42 Å². The molecule has 0 saturated carbocycles. The maximum Gasteiger partial charge on any atom is 0.214 e. The summed E-state index contributed by atoms with van der Waals surface area (Å²) in [5.41, 5.74) is 0. The van der Waals surface area contributed by atoms with Crippen molar-refractivity contribution in [3.05, 3.63) is 0 Å². The van der Waals surface area contributed by atoms with Gasteiger partial charge in [0.25, 0.3) is 0 Å². The quantitative estimate of drug-likeness (QED) is 0.630. The molecule has 0 radical (unpaired) electrons. The first-order valence-electron chi connectivity index (χ1n) is 6.41. The summed E-state index contributed by atoms with van der Waals surface area (Å²) in [6.45, 7) is 9.46. The zero-order chi connectivity index (χ0) is 12.6. The molecule has 0 N–H and O–H groups in total. The Morgan fingerprint density at radius 2 is 1.44 bits per heavy atom. The van der Waals surface area contributed by atoms with Crippen LogP contribution in [0.5, 0.6) is 0 Å². The highest BCUT2D eigenvalue weighted by molar-refractivity contribution is 7.89. The van der Waals surface area contributed by atoms with E-state index in [1.54, 1.807) is 4.31 Å². The molecule has 98 valence electrons. The second kappa shape index (κ2) is 8.07. The fourth-order valence-corrected chi connectivity index (χ4v) is 3.45. The first-order chi connectivity index (χ1) is 7.44. The van der Waals surface area contributed by atoms with Crippen LogP contribution in [0, 0.1) is 5.92 Å². The van der Waals surface area contributed by atoms with Crippen molar-refractivity contribution in [2.75, 3.05) is 18.8 Å². The van der Waals surface area contributed by atoms with Gasteiger partial charge in [-0.3, -0.25) is 0 Å². The number of nitrogens with zero attached hydrogens (tertiary/aromatic N) is 1. The highest BCUT2D eigenvalue weighted by Gasteiger charge is 2.21.